The molecule has 15 heteroatoms. The molecule has 0 spiro atoms. The molecule has 1 heterocycles. The molecule has 15 nitrogen and oxygen atoms in total. The highest BCUT2D eigenvalue weighted by atomic mass is 16.3. The molecule has 4 bridgehead atoms. The zero-order chi connectivity index (χ0) is 34.5. The summed E-state index contributed by atoms with van der Waals surface area (Å²) in [5.74, 6) is -2.39. The molecule has 0 aromatic heterocycles. The highest BCUT2D eigenvalue weighted by molar-refractivity contribution is 5.93. The molecule has 0 unspecified atom stereocenters. The Labute approximate surface area is 273 Å². The number of hydrogen-bond donors (Lipinski definition) is 11. The van der Waals surface area contributed by atoms with Gasteiger partial charge in [-0.05, 0) is 91.7 Å². The maximum Gasteiger partial charge on any atom is 0.243 e. The number of aliphatic hydroxyl groups is 1. The van der Waals surface area contributed by atoms with Crippen LogP contribution in [-0.2, 0) is 32.0 Å². The molecule has 5 atom stereocenters. The van der Waals surface area contributed by atoms with Gasteiger partial charge in [-0.15, -0.1) is 0 Å². The van der Waals surface area contributed by atoms with Gasteiger partial charge in [0.2, 0.25) is 23.6 Å². The lowest BCUT2D eigenvalue weighted by atomic mass is 9.95. The molecule has 258 valence electrons. The van der Waals surface area contributed by atoms with Crippen LogP contribution >= 0.6 is 0 Å². The van der Waals surface area contributed by atoms with Gasteiger partial charge >= 0.3 is 0 Å². The van der Waals surface area contributed by atoms with E-state index >= 15 is 0 Å². The summed E-state index contributed by atoms with van der Waals surface area (Å²) in [6.07, 6.45) is 1.44. The first-order valence-electron chi connectivity index (χ1n) is 15.8. The second-order valence-corrected chi connectivity index (χ2v) is 11.8. The number of phenols is 2. The van der Waals surface area contributed by atoms with Crippen molar-refractivity contribution in [3.05, 3.63) is 47.5 Å². The predicted molar refractivity (Wildman–Crippen MR) is 176 cm³/mol. The number of hydrogen-bond acceptors (Lipinski definition) is 11. The van der Waals surface area contributed by atoms with Crippen LogP contribution in [0.1, 0.15) is 43.2 Å². The van der Waals surface area contributed by atoms with E-state index in [4.69, 9.17) is 22.9 Å². The molecule has 2 aromatic carbocycles. The maximum atomic E-state index is 13.5. The van der Waals surface area contributed by atoms with Crippen LogP contribution in [0.3, 0.4) is 0 Å². The SMILES string of the molecule is NCCC[C@@H]1NC(=O)[C@@H](N)Cc2cc(ccc2O)-c2ccc(O)c(c2)C[C@@H](C(=O)NCCC[C@H](N)C(=O)N[C@H](CO)CCN)NC1=O. The van der Waals surface area contributed by atoms with Gasteiger partial charge in [-0.1, -0.05) is 12.1 Å². The summed E-state index contributed by atoms with van der Waals surface area (Å²) >= 11 is 0. The van der Waals surface area contributed by atoms with Crippen LogP contribution in [0.5, 0.6) is 11.5 Å². The van der Waals surface area contributed by atoms with Crippen LogP contribution in [0.25, 0.3) is 11.1 Å². The fourth-order valence-corrected chi connectivity index (χ4v) is 5.26. The van der Waals surface area contributed by atoms with Gasteiger partial charge in [0.1, 0.15) is 23.6 Å². The molecule has 47 heavy (non-hydrogen) atoms. The molecule has 0 aliphatic carbocycles. The van der Waals surface area contributed by atoms with E-state index in [1.54, 1.807) is 24.3 Å². The fraction of sp³-hybridized carbons (Fsp3) is 0.500. The van der Waals surface area contributed by atoms with Gasteiger partial charge in [-0.25, -0.2) is 0 Å². The number of nitrogens with two attached hydrogens (primary N) is 4. The van der Waals surface area contributed by atoms with Crippen LogP contribution in [0.15, 0.2) is 36.4 Å². The second kappa shape index (κ2) is 18.2. The highest BCUT2D eigenvalue weighted by Gasteiger charge is 2.29. The van der Waals surface area contributed by atoms with Crippen molar-refractivity contribution in [1.82, 2.24) is 21.3 Å². The Bertz CT molecular complexity index is 1390. The van der Waals surface area contributed by atoms with Gasteiger partial charge < -0.3 is 59.5 Å². The third-order valence-corrected chi connectivity index (χ3v) is 8.07. The molecule has 2 aromatic rings. The second-order valence-electron chi connectivity index (χ2n) is 11.8. The summed E-state index contributed by atoms with van der Waals surface area (Å²) in [6, 6.07) is 5.03. The molecule has 0 saturated heterocycles. The number of nitrogens with one attached hydrogen (secondary N) is 4. The normalized spacial score (nSPS) is 19.7. The maximum absolute atomic E-state index is 13.5. The van der Waals surface area contributed by atoms with E-state index in [0.717, 1.165) is 0 Å². The number of carbonyl (C=O) groups is 4. The Kier molecular flexibility index (Phi) is 14.4. The van der Waals surface area contributed by atoms with Gasteiger partial charge in [0, 0.05) is 19.4 Å². The lowest BCUT2D eigenvalue weighted by Crippen LogP contribution is -2.56. The zero-order valence-corrected chi connectivity index (χ0v) is 26.4. The zero-order valence-electron chi connectivity index (χ0n) is 26.4. The van der Waals surface area contributed by atoms with Crippen molar-refractivity contribution in [3.63, 3.8) is 0 Å². The smallest absolute Gasteiger partial charge is 0.243 e. The first-order valence-corrected chi connectivity index (χ1v) is 15.8. The molecule has 4 amide bonds. The summed E-state index contributed by atoms with van der Waals surface area (Å²) in [4.78, 5) is 52.5. The molecule has 1 aliphatic heterocycles. The van der Waals surface area contributed by atoms with Gasteiger partial charge in [-0.3, -0.25) is 19.2 Å². The van der Waals surface area contributed by atoms with E-state index < -0.39 is 53.8 Å². The van der Waals surface area contributed by atoms with Crippen LogP contribution in [0, 0.1) is 0 Å². The van der Waals surface area contributed by atoms with Crippen LogP contribution in [0.4, 0.5) is 0 Å². The Morgan fingerprint density at radius 3 is 2.13 bits per heavy atom. The number of phenolic OH excluding ortho intramolecular Hbond substituents is 2. The van der Waals surface area contributed by atoms with E-state index in [-0.39, 0.29) is 63.4 Å². The third kappa shape index (κ3) is 10.9. The first kappa shape index (κ1) is 37.2. The van der Waals surface area contributed by atoms with Crippen LogP contribution < -0.4 is 44.2 Å². The van der Waals surface area contributed by atoms with Gasteiger partial charge in [-0.2, -0.15) is 0 Å². The highest BCUT2D eigenvalue weighted by Crippen LogP contribution is 2.31. The molecular formula is C32H48N8O7. The number of carbonyl (C=O) groups excluding carboxylic acids is 4. The lowest BCUT2D eigenvalue weighted by molar-refractivity contribution is -0.132. The van der Waals surface area contributed by atoms with E-state index in [1.165, 1.54) is 12.1 Å². The Morgan fingerprint density at radius 2 is 1.53 bits per heavy atom. The van der Waals surface area contributed by atoms with E-state index in [1.807, 2.05) is 0 Å². The largest absolute Gasteiger partial charge is 0.508 e. The Morgan fingerprint density at radius 1 is 0.894 bits per heavy atom. The standard InChI is InChI=1S/C32H48N8O7/c33-10-1-4-25-32(47)40-26(31(46)37-12-2-3-23(35)29(44)38-22(17-41)9-11-34)16-21-14-19(6-8-28(21)43)18-5-7-27(42)20(13-18)15-24(36)30(45)39-25/h5-8,13-14,22-26,41-43H,1-4,9-12,15-17,33-36H2,(H,37,46)(H,38,44)(H,39,45)(H,40,47)/t22-,23-,24-,25-,26-/m0/s1. The molecular weight excluding hydrogens is 608 g/mol. The number of rotatable bonds is 13. The van der Waals surface area contributed by atoms with Crippen molar-refractivity contribution in [3.8, 4) is 22.6 Å². The molecule has 0 radical (unpaired) electrons. The van der Waals surface area contributed by atoms with E-state index in [9.17, 15) is 34.5 Å². The number of aromatic hydroxyl groups is 2. The summed E-state index contributed by atoms with van der Waals surface area (Å²) < 4.78 is 0. The molecule has 3 rings (SSSR count). The van der Waals surface area contributed by atoms with Crippen molar-refractivity contribution in [2.75, 3.05) is 26.2 Å². The third-order valence-electron chi connectivity index (χ3n) is 8.07. The van der Waals surface area contributed by atoms with E-state index in [0.29, 0.717) is 41.5 Å². The minimum atomic E-state index is -1.16. The average Bonchev–Trinajstić information content (AvgIpc) is 3.05. The van der Waals surface area contributed by atoms with E-state index in [2.05, 4.69) is 21.3 Å². The summed E-state index contributed by atoms with van der Waals surface area (Å²) in [5.41, 5.74) is 25.5. The topological polar surface area (TPSA) is 281 Å². The minimum Gasteiger partial charge on any atom is -0.508 e. The van der Waals surface area contributed by atoms with Crippen molar-refractivity contribution >= 4 is 23.6 Å². The van der Waals surface area contributed by atoms with Gasteiger partial charge in [0.25, 0.3) is 0 Å². The van der Waals surface area contributed by atoms with Crippen molar-refractivity contribution in [2.24, 2.45) is 22.9 Å². The fourth-order valence-electron chi connectivity index (χ4n) is 5.26. The predicted octanol–water partition coefficient (Wildman–Crippen LogP) is -2.05. The number of fused-ring (bicyclic) bond motifs is 5. The van der Waals surface area contributed by atoms with Crippen LogP contribution in [-0.4, -0.2) is 95.4 Å². The minimum absolute atomic E-state index is 0.00621. The van der Waals surface area contributed by atoms with Gasteiger partial charge in [0.05, 0.1) is 24.7 Å². The van der Waals surface area contributed by atoms with Crippen LogP contribution in [0.2, 0.25) is 0 Å². The molecule has 15 N–H and O–H groups in total. The number of benzene rings is 2. The number of aliphatic hydroxyl groups excluding tert-OH is 1. The van der Waals surface area contributed by atoms with Crippen molar-refractivity contribution in [2.45, 2.75) is 75.2 Å². The van der Waals surface area contributed by atoms with Crippen molar-refractivity contribution in [1.29, 1.82) is 0 Å². The Hall–Kier alpha value is -4.28. The first-order chi connectivity index (χ1) is 22.5. The van der Waals surface area contributed by atoms with Crippen molar-refractivity contribution < 1.29 is 34.5 Å². The molecule has 0 saturated carbocycles. The van der Waals surface area contributed by atoms with Gasteiger partial charge in [0.15, 0.2) is 0 Å². The summed E-state index contributed by atoms with van der Waals surface area (Å²) in [5, 5.41) is 41.4. The summed E-state index contributed by atoms with van der Waals surface area (Å²) in [7, 11) is 0. The molecule has 1 aliphatic rings. The molecule has 0 fully saturated rings. The number of amides is 4. The lowest BCUT2D eigenvalue weighted by Gasteiger charge is -2.24. The monoisotopic (exact) mass is 656 g/mol. The Balaban J connectivity index is 1.83. The summed E-state index contributed by atoms with van der Waals surface area (Å²) in [6.45, 7) is 0.405. The quantitative estimate of drug-likeness (QED) is 0.104. The average molecular weight is 657 g/mol.